The van der Waals surface area contributed by atoms with E-state index in [1.54, 1.807) is 19.1 Å². The van der Waals surface area contributed by atoms with Crippen molar-refractivity contribution < 1.29 is 23.8 Å². The molecule has 0 spiro atoms. The Kier molecular flexibility index (Phi) is 8.29. The van der Waals surface area contributed by atoms with Crippen LogP contribution in [0.15, 0.2) is 58.2 Å². The second kappa shape index (κ2) is 11.2. The number of thiocarbonyl (C=S) groups is 1. The summed E-state index contributed by atoms with van der Waals surface area (Å²) in [5.41, 5.74) is 2.86. The van der Waals surface area contributed by atoms with Gasteiger partial charge in [-0.05, 0) is 58.3 Å². The average molecular weight is 534 g/mol. The molecule has 174 valence electrons. The monoisotopic (exact) mass is 533 g/mol. The zero-order valence-corrected chi connectivity index (χ0v) is 20.8. The van der Waals surface area contributed by atoms with E-state index in [0.717, 1.165) is 11.1 Å². The van der Waals surface area contributed by atoms with Crippen molar-refractivity contribution in [3.63, 3.8) is 0 Å². The highest BCUT2D eigenvalue weighted by molar-refractivity contribution is 9.10. The van der Waals surface area contributed by atoms with Gasteiger partial charge in [0, 0.05) is 12.2 Å². The van der Waals surface area contributed by atoms with Crippen molar-refractivity contribution in [2.75, 3.05) is 20.8 Å². The molecule has 0 saturated heterocycles. The number of rotatable bonds is 8. The van der Waals surface area contributed by atoms with Crippen LogP contribution < -0.4 is 25.4 Å². The van der Waals surface area contributed by atoms with Crippen LogP contribution >= 0.6 is 28.1 Å². The van der Waals surface area contributed by atoms with Crippen LogP contribution in [0.3, 0.4) is 0 Å². The van der Waals surface area contributed by atoms with E-state index in [2.05, 4.69) is 36.6 Å². The summed E-state index contributed by atoms with van der Waals surface area (Å²) in [6, 6.07) is 12.7. The van der Waals surface area contributed by atoms with Gasteiger partial charge in [0.05, 0.1) is 30.3 Å². The molecule has 1 aliphatic heterocycles. The fraction of sp³-hybridized carbons (Fsp3) is 0.261. The van der Waals surface area contributed by atoms with Crippen LogP contribution in [0.2, 0.25) is 0 Å². The minimum absolute atomic E-state index is 0.232. The minimum Gasteiger partial charge on any atom is -0.493 e. The molecule has 10 heteroatoms. The first-order valence-electron chi connectivity index (χ1n) is 10.0. The quantitative estimate of drug-likeness (QED) is 0.351. The number of allylic oxidation sites excluding steroid dienone is 1. The molecule has 0 saturated carbocycles. The highest BCUT2D eigenvalue weighted by atomic mass is 79.9. The Morgan fingerprint density at radius 2 is 1.91 bits per heavy atom. The molecule has 0 aromatic heterocycles. The third-order valence-electron chi connectivity index (χ3n) is 4.96. The summed E-state index contributed by atoms with van der Waals surface area (Å²) < 4.78 is 16.2. The number of ether oxygens (including phenoxy) is 3. The summed E-state index contributed by atoms with van der Waals surface area (Å²) in [5, 5.41) is 9.55. The molecule has 33 heavy (non-hydrogen) atoms. The number of halogens is 1. The molecule has 1 heterocycles. The van der Waals surface area contributed by atoms with E-state index in [1.165, 1.54) is 14.2 Å². The first-order chi connectivity index (χ1) is 15.8. The fourth-order valence-corrected chi connectivity index (χ4v) is 4.20. The maximum Gasteiger partial charge on any atom is 0.343 e. The van der Waals surface area contributed by atoms with Crippen LogP contribution in [0.4, 0.5) is 0 Å². The van der Waals surface area contributed by atoms with Crippen LogP contribution in [0.25, 0.3) is 0 Å². The lowest BCUT2D eigenvalue weighted by molar-refractivity contribution is -0.143. The zero-order chi connectivity index (χ0) is 24.0. The number of hydrogen-bond donors (Lipinski definition) is 3. The number of esters is 1. The van der Waals surface area contributed by atoms with Crippen molar-refractivity contribution in [1.29, 1.82) is 0 Å². The Bertz CT molecular complexity index is 1090. The highest BCUT2D eigenvalue weighted by Gasteiger charge is 2.31. The lowest BCUT2D eigenvalue weighted by Gasteiger charge is -2.31. The van der Waals surface area contributed by atoms with Crippen LogP contribution in [0.1, 0.15) is 24.1 Å². The van der Waals surface area contributed by atoms with Gasteiger partial charge in [0.2, 0.25) is 0 Å². The van der Waals surface area contributed by atoms with E-state index < -0.39 is 12.0 Å². The van der Waals surface area contributed by atoms with Gasteiger partial charge in [-0.1, -0.05) is 30.3 Å². The summed E-state index contributed by atoms with van der Waals surface area (Å²) in [5.74, 6) is -0.0190. The lowest BCUT2D eigenvalue weighted by Crippen LogP contribution is -2.46. The Balaban J connectivity index is 1.90. The van der Waals surface area contributed by atoms with Crippen molar-refractivity contribution in [2.24, 2.45) is 0 Å². The van der Waals surface area contributed by atoms with Crippen LogP contribution in [-0.4, -0.2) is 37.8 Å². The molecule has 1 amide bonds. The Hall–Kier alpha value is -3.11. The lowest BCUT2D eigenvalue weighted by atomic mass is 9.94. The Morgan fingerprint density at radius 1 is 1.18 bits per heavy atom. The number of nitrogens with one attached hydrogen (secondary N) is 3. The summed E-state index contributed by atoms with van der Waals surface area (Å²) in [6.45, 7) is 1.92. The molecule has 1 unspecified atom stereocenters. The number of amides is 1. The van der Waals surface area contributed by atoms with Gasteiger partial charge in [-0.2, -0.15) is 0 Å². The topological polar surface area (TPSA) is 97.9 Å². The number of hydrogen-bond acceptors (Lipinski definition) is 6. The summed E-state index contributed by atoms with van der Waals surface area (Å²) in [6.07, 6.45) is 0. The predicted molar refractivity (Wildman–Crippen MR) is 131 cm³/mol. The average Bonchev–Trinajstić information content (AvgIpc) is 2.81. The van der Waals surface area contributed by atoms with Crippen LogP contribution in [0, 0.1) is 0 Å². The third kappa shape index (κ3) is 6.02. The standard InChI is InChI=1S/C23H24BrN3O5S/c1-13-19(22(29)25-11-14-7-5-4-6-8-14)20(27-23(33)26-13)15-9-16(24)21(17(10-15)30-2)32-12-18(28)31-3/h4-10,20H,11-12H2,1-3H3,(H,25,29)(H2,26,27,33). The van der Waals surface area contributed by atoms with Gasteiger partial charge >= 0.3 is 5.97 Å². The molecule has 3 N–H and O–H groups in total. The molecular formula is C23H24BrN3O5S. The van der Waals surface area contributed by atoms with Crippen molar-refractivity contribution in [3.05, 3.63) is 69.3 Å². The summed E-state index contributed by atoms with van der Waals surface area (Å²) >= 11 is 8.81. The maximum absolute atomic E-state index is 13.2. The number of methoxy groups -OCH3 is 2. The molecule has 2 aromatic carbocycles. The molecule has 1 aliphatic rings. The number of carbonyl (C=O) groups is 2. The molecule has 0 bridgehead atoms. The second-order valence-electron chi connectivity index (χ2n) is 7.14. The third-order valence-corrected chi connectivity index (χ3v) is 5.77. The fourth-order valence-electron chi connectivity index (χ4n) is 3.35. The van der Waals surface area contributed by atoms with E-state index in [4.69, 9.17) is 21.7 Å². The molecule has 0 aliphatic carbocycles. The smallest absolute Gasteiger partial charge is 0.343 e. The van der Waals surface area contributed by atoms with Gasteiger partial charge in [0.15, 0.2) is 23.2 Å². The molecule has 1 atom stereocenters. The van der Waals surface area contributed by atoms with Gasteiger partial charge in [-0.3, -0.25) is 4.79 Å². The van der Waals surface area contributed by atoms with Gasteiger partial charge in [0.1, 0.15) is 0 Å². The van der Waals surface area contributed by atoms with Gasteiger partial charge in [0.25, 0.3) is 5.91 Å². The molecule has 0 fully saturated rings. The number of benzene rings is 2. The van der Waals surface area contributed by atoms with Gasteiger partial charge < -0.3 is 30.2 Å². The first kappa shape index (κ1) is 24.5. The van der Waals surface area contributed by atoms with E-state index in [-0.39, 0.29) is 12.5 Å². The van der Waals surface area contributed by atoms with Crippen molar-refractivity contribution >= 4 is 45.1 Å². The SMILES string of the molecule is COC(=O)COc1c(Br)cc(C2NC(=S)NC(C)=C2C(=O)NCc2ccccc2)cc1OC. The van der Waals surface area contributed by atoms with Crippen molar-refractivity contribution in [1.82, 2.24) is 16.0 Å². The van der Waals surface area contributed by atoms with Crippen molar-refractivity contribution in [2.45, 2.75) is 19.5 Å². The normalized spacial score (nSPS) is 15.3. The highest BCUT2D eigenvalue weighted by Crippen LogP contribution is 2.40. The van der Waals surface area contributed by atoms with Crippen molar-refractivity contribution in [3.8, 4) is 11.5 Å². The molecule has 8 nitrogen and oxygen atoms in total. The maximum atomic E-state index is 13.2. The Labute approximate surface area is 205 Å². The largest absolute Gasteiger partial charge is 0.493 e. The zero-order valence-electron chi connectivity index (χ0n) is 18.4. The minimum atomic E-state index is -0.533. The predicted octanol–water partition coefficient (Wildman–Crippen LogP) is 3.12. The number of carbonyl (C=O) groups excluding carboxylic acids is 2. The van der Waals surface area contributed by atoms with Crippen LogP contribution in [-0.2, 0) is 20.9 Å². The Morgan fingerprint density at radius 3 is 2.58 bits per heavy atom. The van der Waals surface area contributed by atoms with E-state index in [0.29, 0.717) is 38.9 Å². The van der Waals surface area contributed by atoms with Crippen LogP contribution in [0.5, 0.6) is 11.5 Å². The molecule has 3 rings (SSSR count). The first-order valence-corrected chi connectivity index (χ1v) is 11.2. The molecular weight excluding hydrogens is 510 g/mol. The summed E-state index contributed by atoms with van der Waals surface area (Å²) in [7, 11) is 2.78. The second-order valence-corrected chi connectivity index (χ2v) is 8.40. The van der Waals surface area contributed by atoms with E-state index >= 15 is 0 Å². The molecule has 0 radical (unpaired) electrons. The molecule has 2 aromatic rings. The van der Waals surface area contributed by atoms with E-state index in [9.17, 15) is 9.59 Å². The van der Waals surface area contributed by atoms with Gasteiger partial charge in [-0.25, -0.2) is 4.79 Å². The summed E-state index contributed by atoms with van der Waals surface area (Å²) in [4.78, 5) is 24.7. The van der Waals surface area contributed by atoms with E-state index in [1.807, 2.05) is 30.3 Å². The van der Waals surface area contributed by atoms with Gasteiger partial charge in [-0.15, -0.1) is 0 Å².